The third-order valence-electron chi connectivity index (χ3n) is 6.06. The Morgan fingerprint density at radius 3 is 1.68 bits per heavy atom. The fourth-order valence-corrected chi connectivity index (χ4v) is 3.88. The molecule has 0 saturated carbocycles. The number of ether oxygens (including phenoxy) is 5. The molecule has 0 saturated heterocycles. The molecule has 9 heteroatoms. The highest BCUT2D eigenvalue weighted by molar-refractivity contribution is 6.24. The molecule has 0 aliphatic rings. The highest BCUT2D eigenvalue weighted by Crippen LogP contribution is 2.30. The summed E-state index contributed by atoms with van der Waals surface area (Å²) in [6.45, 7) is 0. The molecule has 0 heterocycles. The summed E-state index contributed by atoms with van der Waals surface area (Å²) in [4.78, 5) is 38.5. The van der Waals surface area contributed by atoms with Gasteiger partial charge in [-0.1, -0.05) is 24.3 Å². The summed E-state index contributed by atoms with van der Waals surface area (Å²) in [5, 5.41) is 0. The molecule has 0 aliphatic carbocycles. The lowest BCUT2D eigenvalue weighted by molar-refractivity contribution is -0.158. The first-order valence-corrected chi connectivity index (χ1v) is 12.4. The van der Waals surface area contributed by atoms with E-state index in [-0.39, 0.29) is 12.3 Å². The standard InChI is InChI=1S/C31H33NO8/c1-32(2)29(33)27(22-17-25(36-3)19-26(18-22)37-4)15-20-7-11-23(12-8-20)40-24-13-9-21(10-14-24)16-28(30(34)38-5)31(35)39-6/h7-15,17-19,28H,16H2,1-6H3. The van der Waals surface area contributed by atoms with Gasteiger partial charge in [-0.2, -0.15) is 0 Å². The van der Waals surface area contributed by atoms with Crippen molar-refractivity contribution >= 4 is 29.5 Å². The molecule has 3 aromatic rings. The number of nitrogens with zero attached hydrogens (tertiary/aromatic N) is 1. The second-order valence-corrected chi connectivity index (χ2v) is 8.98. The normalized spacial score (nSPS) is 11.0. The van der Waals surface area contributed by atoms with Gasteiger partial charge in [-0.05, 0) is 65.6 Å². The smallest absolute Gasteiger partial charge is 0.320 e. The van der Waals surface area contributed by atoms with Gasteiger partial charge < -0.3 is 28.6 Å². The fourth-order valence-electron chi connectivity index (χ4n) is 3.88. The van der Waals surface area contributed by atoms with Crippen LogP contribution < -0.4 is 14.2 Å². The van der Waals surface area contributed by atoms with Crippen LogP contribution in [0, 0.1) is 5.92 Å². The van der Waals surface area contributed by atoms with Crippen LogP contribution in [0.25, 0.3) is 11.6 Å². The number of esters is 2. The van der Waals surface area contributed by atoms with Gasteiger partial charge in [0.25, 0.3) is 5.91 Å². The summed E-state index contributed by atoms with van der Waals surface area (Å²) in [6.07, 6.45) is 1.95. The molecule has 9 nitrogen and oxygen atoms in total. The molecule has 1 amide bonds. The average molecular weight is 548 g/mol. The SMILES string of the molecule is COC(=O)C(Cc1ccc(Oc2ccc(C=C(C(=O)N(C)C)c3cc(OC)cc(OC)c3)cc2)cc1)C(=O)OC. The number of hydrogen-bond donors (Lipinski definition) is 0. The molecule has 0 spiro atoms. The summed E-state index contributed by atoms with van der Waals surface area (Å²) in [6, 6.07) is 19.7. The Morgan fingerprint density at radius 2 is 1.23 bits per heavy atom. The topological polar surface area (TPSA) is 101 Å². The maximum atomic E-state index is 13.1. The van der Waals surface area contributed by atoms with Gasteiger partial charge in [0.15, 0.2) is 5.92 Å². The minimum absolute atomic E-state index is 0.147. The number of likely N-dealkylation sites (N-methyl/N-ethyl adjacent to an activating group) is 1. The van der Waals surface area contributed by atoms with Crippen LogP contribution in [-0.4, -0.2) is 65.3 Å². The van der Waals surface area contributed by atoms with E-state index in [9.17, 15) is 14.4 Å². The van der Waals surface area contributed by atoms with E-state index in [4.69, 9.17) is 23.7 Å². The van der Waals surface area contributed by atoms with E-state index in [1.165, 1.54) is 19.1 Å². The van der Waals surface area contributed by atoms with Crippen LogP contribution in [0.1, 0.15) is 16.7 Å². The third kappa shape index (κ3) is 7.63. The predicted molar refractivity (Wildman–Crippen MR) is 150 cm³/mol. The minimum Gasteiger partial charge on any atom is -0.497 e. The lowest BCUT2D eigenvalue weighted by Crippen LogP contribution is -2.28. The van der Waals surface area contributed by atoms with Gasteiger partial charge in [0, 0.05) is 25.7 Å². The van der Waals surface area contributed by atoms with Crippen LogP contribution in [0.2, 0.25) is 0 Å². The van der Waals surface area contributed by atoms with Crippen molar-refractivity contribution in [3.8, 4) is 23.0 Å². The van der Waals surface area contributed by atoms with Gasteiger partial charge >= 0.3 is 11.9 Å². The number of methoxy groups -OCH3 is 4. The molecule has 0 fully saturated rings. The zero-order chi connectivity index (χ0) is 29.2. The van der Waals surface area contributed by atoms with Crippen molar-refractivity contribution < 1.29 is 38.1 Å². The number of hydrogen-bond acceptors (Lipinski definition) is 8. The van der Waals surface area contributed by atoms with Crippen LogP contribution >= 0.6 is 0 Å². The van der Waals surface area contributed by atoms with Crippen LogP contribution in [0.3, 0.4) is 0 Å². The molecule has 0 radical (unpaired) electrons. The molecule has 0 unspecified atom stereocenters. The highest BCUT2D eigenvalue weighted by atomic mass is 16.5. The van der Waals surface area contributed by atoms with Crippen molar-refractivity contribution in [2.75, 3.05) is 42.5 Å². The number of benzene rings is 3. The summed E-state index contributed by atoms with van der Waals surface area (Å²) >= 11 is 0. The second-order valence-electron chi connectivity index (χ2n) is 8.98. The maximum Gasteiger partial charge on any atom is 0.320 e. The first-order chi connectivity index (χ1) is 19.2. The second kappa shape index (κ2) is 13.8. The monoisotopic (exact) mass is 547 g/mol. The summed E-state index contributed by atoms with van der Waals surface area (Å²) in [5.74, 6) is -0.186. The molecule has 0 aliphatic heterocycles. The summed E-state index contributed by atoms with van der Waals surface area (Å²) in [5.41, 5.74) is 2.69. The fraction of sp³-hybridized carbons (Fsp3) is 0.258. The Balaban J connectivity index is 1.79. The molecule has 0 bridgehead atoms. The van der Waals surface area contributed by atoms with Crippen LogP contribution in [0.4, 0.5) is 0 Å². The molecular formula is C31H33NO8. The van der Waals surface area contributed by atoms with E-state index in [1.54, 1.807) is 89.0 Å². The minimum atomic E-state index is -1.04. The number of carbonyl (C=O) groups is 3. The lowest BCUT2D eigenvalue weighted by atomic mass is 9.99. The van der Waals surface area contributed by atoms with Gasteiger partial charge in [0.2, 0.25) is 0 Å². The first kappa shape index (κ1) is 29.8. The van der Waals surface area contributed by atoms with Crippen molar-refractivity contribution in [3.63, 3.8) is 0 Å². The van der Waals surface area contributed by atoms with Gasteiger partial charge in [0.05, 0.1) is 28.4 Å². The van der Waals surface area contributed by atoms with Crippen LogP contribution in [0.15, 0.2) is 66.7 Å². The molecule has 3 rings (SSSR count). The number of amides is 1. The Morgan fingerprint density at radius 1 is 0.725 bits per heavy atom. The summed E-state index contributed by atoms with van der Waals surface area (Å²) in [7, 11) is 8.97. The van der Waals surface area contributed by atoms with E-state index < -0.39 is 17.9 Å². The Hall–Kier alpha value is -4.79. The quantitative estimate of drug-likeness (QED) is 0.148. The first-order valence-electron chi connectivity index (χ1n) is 12.4. The largest absolute Gasteiger partial charge is 0.497 e. The van der Waals surface area contributed by atoms with Crippen LogP contribution in [0.5, 0.6) is 23.0 Å². The zero-order valence-corrected chi connectivity index (χ0v) is 23.4. The maximum absolute atomic E-state index is 13.1. The highest BCUT2D eigenvalue weighted by Gasteiger charge is 2.28. The molecule has 0 aromatic heterocycles. The van der Waals surface area contributed by atoms with Gasteiger partial charge in [-0.25, -0.2) is 0 Å². The molecule has 0 N–H and O–H groups in total. The van der Waals surface area contributed by atoms with Gasteiger partial charge in [0.1, 0.15) is 23.0 Å². The van der Waals surface area contributed by atoms with Crippen molar-refractivity contribution in [1.29, 1.82) is 0 Å². The Bertz CT molecular complexity index is 1320. The van der Waals surface area contributed by atoms with Crippen molar-refractivity contribution in [1.82, 2.24) is 4.90 Å². The van der Waals surface area contributed by atoms with Crippen molar-refractivity contribution in [2.45, 2.75) is 6.42 Å². The third-order valence-corrected chi connectivity index (χ3v) is 6.06. The van der Waals surface area contributed by atoms with E-state index in [2.05, 4.69) is 0 Å². The van der Waals surface area contributed by atoms with E-state index in [1.807, 2.05) is 12.1 Å². The van der Waals surface area contributed by atoms with Gasteiger partial charge in [-0.15, -0.1) is 0 Å². The molecule has 40 heavy (non-hydrogen) atoms. The van der Waals surface area contributed by atoms with E-state index in [0.29, 0.717) is 34.1 Å². The predicted octanol–water partition coefficient (Wildman–Crippen LogP) is 4.63. The van der Waals surface area contributed by atoms with Crippen LogP contribution in [-0.2, 0) is 30.3 Å². The van der Waals surface area contributed by atoms with E-state index in [0.717, 1.165) is 11.1 Å². The van der Waals surface area contributed by atoms with Crippen molar-refractivity contribution in [3.05, 3.63) is 83.4 Å². The van der Waals surface area contributed by atoms with E-state index >= 15 is 0 Å². The molecular weight excluding hydrogens is 514 g/mol. The number of rotatable bonds is 11. The summed E-state index contributed by atoms with van der Waals surface area (Å²) < 4.78 is 26.1. The lowest BCUT2D eigenvalue weighted by Gasteiger charge is -2.16. The van der Waals surface area contributed by atoms with Gasteiger partial charge in [-0.3, -0.25) is 14.4 Å². The Labute approximate surface area is 233 Å². The molecule has 3 aromatic carbocycles. The number of carbonyl (C=O) groups excluding carboxylic acids is 3. The zero-order valence-electron chi connectivity index (χ0n) is 23.4. The average Bonchev–Trinajstić information content (AvgIpc) is 2.98. The molecule has 210 valence electrons. The molecule has 0 atom stereocenters. The Kier molecular flexibility index (Phi) is 10.3. The van der Waals surface area contributed by atoms with Crippen molar-refractivity contribution in [2.24, 2.45) is 5.92 Å².